The molecule has 2 rings (SSSR count). The van der Waals surface area contributed by atoms with Gasteiger partial charge in [0, 0.05) is 6.04 Å². The van der Waals surface area contributed by atoms with Gasteiger partial charge in [0.2, 0.25) is 0 Å². The first kappa shape index (κ1) is 13.8. The zero-order valence-corrected chi connectivity index (χ0v) is 11.7. The fourth-order valence-corrected chi connectivity index (χ4v) is 2.29. The first-order valence-electron chi connectivity index (χ1n) is 6.71. The van der Waals surface area contributed by atoms with E-state index in [4.69, 9.17) is 0 Å². The molecule has 0 radical (unpaired) electrons. The maximum atomic E-state index is 13.4. The second-order valence-electron chi connectivity index (χ2n) is 4.92. The summed E-state index contributed by atoms with van der Waals surface area (Å²) in [7, 11) is 0. The fraction of sp³-hybridized carbons (Fsp3) is 0.294. The lowest BCUT2D eigenvalue weighted by Crippen LogP contribution is -2.17. The highest BCUT2D eigenvalue weighted by atomic mass is 19.1. The molecule has 0 aromatic heterocycles. The Hall–Kier alpha value is -1.67. The maximum Gasteiger partial charge on any atom is 0.124 e. The van der Waals surface area contributed by atoms with Crippen LogP contribution in [0.3, 0.4) is 0 Å². The van der Waals surface area contributed by atoms with Gasteiger partial charge in [0.05, 0.1) is 0 Å². The normalized spacial score (nSPS) is 12.4. The summed E-state index contributed by atoms with van der Waals surface area (Å²) in [5.74, 6) is -0.180. The van der Waals surface area contributed by atoms with E-state index in [1.54, 1.807) is 12.1 Å². The van der Waals surface area contributed by atoms with E-state index in [1.807, 2.05) is 13.0 Å². The summed E-state index contributed by atoms with van der Waals surface area (Å²) in [6, 6.07) is 13.8. The van der Waals surface area contributed by atoms with Crippen molar-refractivity contribution in [3.8, 4) is 11.1 Å². The molecule has 19 heavy (non-hydrogen) atoms. The lowest BCUT2D eigenvalue weighted by atomic mass is 10.00. The van der Waals surface area contributed by atoms with Crippen molar-refractivity contribution in [2.75, 3.05) is 6.54 Å². The molecule has 1 N–H and O–H groups in total. The van der Waals surface area contributed by atoms with Crippen LogP contribution in [0.5, 0.6) is 0 Å². The second kappa shape index (κ2) is 5.98. The summed E-state index contributed by atoms with van der Waals surface area (Å²) in [5, 5.41) is 3.38. The van der Waals surface area contributed by atoms with E-state index in [0.717, 1.165) is 23.2 Å². The minimum absolute atomic E-state index is 0.180. The van der Waals surface area contributed by atoms with Crippen molar-refractivity contribution < 1.29 is 4.39 Å². The average Bonchev–Trinajstić information content (AvgIpc) is 2.38. The molecule has 2 aromatic rings. The van der Waals surface area contributed by atoms with Crippen LogP contribution < -0.4 is 5.32 Å². The number of nitrogens with one attached hydrogen (secondary N) is 1. The second-order valence-corrected chi connectivity index (χ2v) is 4.92. The first-order valence-corrected chi connectivity index (χ1v) is 6.71. The number of rotatable bonds is 4. The van der Waals surface area contributed by atoms with Gasteiger partial charge in [-0.3, -0.25) is 0 Å². The standard InChI is InChI=1S/C17H20FN/c1-4-19-13(3)14-5-7-15(8-6-14)16-9-12(2)10-17(18)11-16/h5-11,13,19H,4H2,1-3H3. The summed E-state index contributed by atoms with van der Waals surface area (Å²) < 4.78 is 13.4. The zero-order chi connectivity index (χ0) is 13.8. The van der Waals surface area contributed by atoms with Crippen LogP contribution in [0.25, 0.3) is 11.1 Å². The van der Waals surface area contributed by atoms with Crippen molar-refractivity contribution in [2.24, 2.45) is 0 Å². The van der Waals surface area contributed by atoms with Gasteiger partial charge < -0.3 is 5.32 Å². The molecule has 0 heterocycles. The van der Waals surface area contributed by atoms with E-state index in [0.29, 0.717) is 6.04 Å². The molecule has 0 saturated carbocycles. The number of hydrogen-bond acceptors (Lipinski definition) is 1. The summed E-state index contributed by atoms with van der Waals surface area (Å²) in [6.07, 6.45) is 0. The van der Waals surface area contributed by atoms with Crippen molar-refractivity contribution in [3.05, 3.63) is 59.4 Å². The molecule has 2 heteroatoms. The Morgan fingerprint density at radius 3 is 2.32 bits per heavy atom. The summed E-state index contributed by atoms with van der Waals surface area (Å²) in [5.41, 5.74) is 4.18. The van der Waals surface area contributed by atoms with Gasteiger partial charge in [0.15, 0.2) is 0 Å². The monoisotopic (exact) mass is 257 g/mol. The molecule has 0 saturated heterocycles. The molecule has 0 bridgehead atoms. The van der Waals surface area contributed by atoms with Gasteiger partial charge in [0.25, 0.3) is 0 Å². The average molecular weight is 257 g/mol. The molecule has 1 atom stereocenters. The highest BCUT2D eigenvalue weighted by Crippen LogP contribution is 2.23. The van der Waals surface area contributed by atoms with Gasteiger partial charge >= 0.3 is 0 Å². The van der Waals surface area contributed by atoms with Gasteiger partial charge in [-0.1, -0.05) is 37.3 Å². The third-order valence-corrected chi connectivity index (χ3v) is 3.30. The summed E-state index contributed by atoms with van der Waals surface area (Å²) in [4.78, 5) is 0. The quantitative estimate of drug-likeness (QED) is 0.852. The molecule has 2 aromatic carbocycles. The van der Waals surface area contributed by atoms with Crippen molar-refractivity contribution in [3.63, 3.8) is 0 Å². The minimum Gasteiger partial charge on any atom is -0.310 e. The molecule has 0 fully saturated rings. The van der Waals surface area contributed by atoms with Crippen molar-refractivity contribution in [2.45, 2.75) is 26.8 Å². The Labute approximate surface area is 114 Å². The molecule has 0 aliphatic carbocycles. The van der Waals surface area contributed by atoms with E-state index >= 15 is 0 Å². The Kier molecular flexibility index (Phi) is 4.33. The lowest BCUT2D eigenvalue weighted by Gasteiger charge is -2.13. The number of aryl methyl sites for hydroxylation is 1. The van der Waals surface area contributed by atoms with Crippen LogP contribution in [0.1, 0.15) is 31.0 Å². The van der Waals surface area contributed by atoms with Crippen LogP contribution in [-0.4, -0.2) is 6.54 Å². The highest BCUT2D eigenvalue weighted by molar-refractivity contribution is 5.64. The van der Waals surface area contributed by atoms with Crippen LogP contribution >= 0.6 is 0 Å². The number of hydrogen-bond donors (Lipinski definition) is 1. The third kappa shape index (κ3) is 3.42. The van der Waals surface area contributed by atoms with E-state index in [2.05, 4.69) is 43.4 Å². The SMILES string of the molecule is CCNC(C)c1ccc(-c2cc(C)cc(F)c2)cc1. The topological polar surface area (TPSA) is 12.0 Å². The third-order valence-electron chi connectivity index (χ3n) is 3.30. The van der Waals surface area contributed by atoms with Gasteiger partial charge in [-0.2, -0.15) is 0 Å². The molecule has 0 aliphatic rings. The first-order chi connectivity index (χ1) is 9.10. The molecule has 1 nitrogen and oxygen atoms in total. The van der Waals surface area contributed by atoms with E-state index in [-0.39, 0.29) is 5.82 Å². The van der Waals surface area contributed by atoms with Crippen molar-refractivity contribution in [1.82, 2.24) is 5.32 Å². The Morgan fingerprint density at radius 2 is 1.74 bits per heavy atom. The predicted molar refractivity (Wildman–Crippen MR) is 78.7 cm³/mol. The summed E-state index contributed by atoms with van der Waals surface area (Å²) >= 11 is 0. The molecule has 0 amide bonds. The lowest BCUT2D eigenvalue weighted by molar-refractivity contribution is 0.598. The van der Waals surface area contributed by atoms with E-state index in [1.165, 1.54) is 5.56 Å². The highest BCUT2D eigenvalue weighted by Gasteiger charge is 2.05. The molecule has 100 valence electrons. The molecule has 0 spiro atoms. The molecule has 0 aliphatic heterocycles. The largest absolute Gasteiger partial charge is 0.310 e. The van der Waals surface area contributed by atoms with Crippen LogP contribution in [-0.2, 0) is 0 Å². The number of halogens is 1. The minimum atomic E-state index is -0.180. The van der Waals surface area contributed by atoms with Gasteiger partial charge in [0.1, 0.15) is 5.82 Å². The molecular weight excluding hydrogens is 237 g/mol. The van der Waals surface area contributed by atoms with Crippen molar-refractivity contribution in [1.29, 1.82) is 0 Å². The van der Waals surface area contributed by atoms with Crippen molar-refractivity contribution >= 4 is 0 Å². The zero-order valence-electron chi connectivity index (χ0n) is 11.7. The van der Waals surface area contributed by atoms with Crippen LogP contribution in [0.2, 0.25) is 0 Å². The summed E-state index contributed by atoms with van der Waals surface area (Å²) in [6.45, 7) is 7.10. The van der Waals surface area contributed by atoms with Crippen LogP contribution in [0.4, 0.5) is 4.39 Å². The van der Waals surface area contributed by atoms with Gasteiger partial charge in [-0.15, -0.1) is 0 Å². The van der Waals surface area contributed by atoms with Gasteiger partial charge in [-0.05, 0) is 54.8 Å². The molecule has 1 unspecified atom stereocenters. The maximum absolute atomic E-state index is 13.4. The van der Waals surface area contributed by atoms with Gasteiger partial charge in [-0.25, -0.2) is 4.39 Å². The smallest absolute Gasteiger partial charge is 0.124 e. The Morgan fingerprint density at radius 1 is 1.05 bits per heavy atom. The van der Waals surface area contributed by atoms with E-state index in [9.17, 15) is 4.39 Å². The Bertz CT molecular complexity index is 525. The van der Waals surface area contributed by atoms with E-state index < -0.39 is 0 Å². The van der Waals surface area contributed by atoms with Crippen LogP contribution in [0, 0.1) is 12.7 Å². The fourth-order valence-electron chi connectivity index (χ4n) is 2.29. The Balaban J connectivity index is 2.27. The number of benzene rings is 2. The molecular formula is C17H20FN. The van der Waals surface area contributed by atoms with Crippen LogP contribution in [0.15, 0.2) is 42.5 Å². The predicted octanol–water partition coefficient (Wildman–Crippen LogP) is 4.47.